The molecule has 0 radical (unpaired) electrons. The highest BCUT2D eigenvalue weighted by atomic mass is 16.5. The Morgan fingerprint density at radius 1 is 1.32 bits per heavy atom. The summed E-state index contributed by atoms with van der Waals surface area (Å²) < 4.78 is 9.88. The normalized spacial score (nSPS) is 17.7. The van der Waals surface area contributed by atoms with E-state index in [1.165, 1.54) is 7.11 Å². The van der Waals surface area contributed by atoms with Gasteiger partial charge in [-0.05, 0) is 5.56 Å². The molecule has 0 aromatic heterocycles. The first-order valence-corrected chi connectivity index (χ1v) is 6.92. The average molecular weight is 306 g/mol. The number of methoxy groups -OCH3 is 1. The van der Waals surface area contributed by atoms with Gasteiger partial charge in [0, 0.05) is 7.11 Å². The van der Waals surface area contributed by atoms with Gasteiger partial charge >= 0.3 is 6.09 Å². The summed E-state index contributed by atoms with van der Waals surface area (Å²) in [5.74, 6) is -0.755. The number of ether oxygens (including phenoxy) is 2. The van der Waals surface area contributed by atoms with Crippen molar-refractivity contribution < 1.29 is 23.9 Å². The first kappa shape index (κ1) is 16.0. The van der Waals surface area contributed by atoms with E-state index < -0.39 is 18.0 Å². The average Bonchev–Trinajstić information content (AvgIpc) is 2.78. The lowest BCUT2D eigenvalue weighted by molar-refractivity contribution is -0.139. The highest BCUT2D eigenvalue weighted by Gasteiger charge is 2.39. The number of hydrogen-bond donors (Lipinski definition) is 1. The number of carbonyl (C=O) groups excluding carboxylic acids is 3. The second-order valence-electron chi connectivity index (χ2n) is 4.84. The molecule has 1 aromatic rings. The second kappa shape index (κ2) is 7.56. The molecule has 0 spiro atoms. The van der Waals surface area contributed by atoms with Gasteiger partial charge < -0.3 is 14.8 Å². The molecule has 1 saturated heterocycles. The minimum Gasteiger partial charge on any atom is -0.445 e. The molecule has 1 aliphatic heterocycles. The molecule has 7 heteroatoms. The van der Waals surface area contributed by atoms with Crippen molar-refractivity contribution in [3.8, 4) is 0 Å². The Morgan fingerprint density at radius 3 is 2.73 bits per heavy atom. The molecule has 1 aromatic carbocycles. The molecule has 1 atom stereocenters. The van der Waals surface area contributed by atoms with Gasteiger partial charge in [-0.25, -0.2) is 4.79 Å². The smallest absolute Gasteiger partial charge is 0.408 e. The number of nitrogens with zero attached hydrogens (tertiary/aromatic N) is 1. The SMILES string of the molecule is COCCN1C(=O)C[C@@H](NC(=O)OCc2ccccc2)C1=O. The van der Waals surface area contributed by atoms with E-state index in [4.69, 9.17) is 9.47 Å². The summed E-state index contributed by atoms with van der Waals surface area (Å²) >= 11 is 0. The number of carbonyl (C=O) groups is 3. The zero-order chi connectivity index (χ0) is 15.9. The van der Waals surface area contributed by atoms with E-state index in [9.17, 15) is 14.4 Å². The van der Waals surface area contributed by atoms with Crippen LogP contribution in [0.5, 0.6) is 0 Å². The molecule has 1 aliphatic rings. The highest BCUT2D eigenvalue weighted by Crippen LogP contribution is 2.13. The Morgan fingerprint density at radius 2 is 2.05 bits per heavy atom. The van der Waals surface area contributed by atoms with Crippen LogP contribution in [0.2, 0.25) is 0 Å². The maximum Gasteiger partial charge on any atom is 0.408 e. The van der Waals surface area contributed by atoms with Gasteiger partial charge in [0.1, 0.15) is 12.6 Å². The van der Waals surface area contributed by atoms with Crippen LogP contribution in [-0.4, -0.2) is 49.1 Å². The fourth-order valence-electron chi connectivity index (χ4n) is 2.12. The van der Waals surface area contributed by atoms with Crippen molar-refractivity contribution in [3.63, 3.8) is 0 Å². The molecular formula is C15H18N2O5. The molecule has 0 bridgehead atoms. The number of hydrogen-bond acceptors (Lipinski definition) is 5. The van der Waals surface area contributed by atoms with E-state index in [0.29, 0.717) is 0 Å². The third kappa shape index (κ3) is 4.05. The molecule has 1 fully saturated rings. The minimum absolute atomic E-state index is 0.0526. The largest absolute Gasteiger partial charge is 0.445 e. The van der Waals surface area contributed by atoms with Crippen molar-refractivity contribution in [3.05, 3.63) is 35.9 Å². The fourth-order valence-corrected chi connectivity index (χ4v) is 2.12. The van der Waals surface area contributed by atoms with Crippen LogP contribution in [-0.2, 0) is 25.7 Å². The van der Waals surface area contributed by atoms with Crippen LogP contribution < -0.4 is 5.32 Å². The molecule has 1 N–H and O–H groups in total. The van der Waals surface area contributed by atoms with E-state index in [-0.39, 0.29) is 32.1 Å². The summed E-state index contributed by atoms with van der Waals surface area (Å²) in [5.41, 5.74) is 0.841. The standard InChI is InChI=1S/C15H18N2O5/c1-21-8-7-17-13(18)9-12(14(17)19)16-15(20)22-10-11-5-3-2-4-6-11/h2-6,12H,7-10H2,1H3,(H,16,20)/t12-/m1/s1. The number of amides is 3. The van der Waals surface area contributed by atoms with E-state index >= 15 is 0 Å². The number of nitrogens with one attached hydrogen (secondary N) is 1. The van der Waals surface area contributed by atoms with Crippen molar-refractivity contribution in [2.45, 2.75) is 19.1 Å². The zero-order valence-electron chi connectivity index (χ0n) is 12.3. The van der Waals surface area contributed by atoms with Crippen molar-refractivity contribution in [2.75, 3.05) is 20.3 Å². The maximum atomic E-state index is 12.0. The Hall–Kier alpha value is -2.41. The Bertz CT molecular complexity index is 546. The predicted octanol–water partition coefficient (Wildman–Crippen LogP) is 0.687. The van der Waals surface area contributed by atoms with Crippen LogP contribution in [0.3, 0.4) is 0 Å². The molecule has 1 heterocycles. The molecule has 7 nitrogen and oxygen atoms in total. The topological polar surface area (TPSA) is 84.9 Å². The van der Waals surface area contributed by atoms with Gasteiger partial charge in [0.25, 0.3) is 5.91 Å². The van der Waals surface area contributed by atoms with E-state index in [0.717, 1.165) is 10.5 Å². The second-order valence-corrected chi connectivity index (χ2v) is 4.84. The van der Waals surface area contributed by atoms with Gasteiger partial charge in [-0.3, -0.25) is 14.5 Å². The fraction of sp³-hybridized carbons (Fsp3) is 0.400. The third-order valence-corrected chi connectivity index (χ3v) is 3.27. The van der Waals surface area contributed by atoms with Gasteiger partial charge in [0.05, 0.1) is 19.6 Å². The lowest BCUT2D eigenvalue weighted by Gasteiger charge is -2.14. The van der Waals surface area contributed by atoms with Gasteiger partial charge in [-0.15, -0.1) is 0 Å². The van der Waals surface area contributed by atoms with Gasteiger partial charge in [-0.2, -0.15) is 0 Å². The number of likely N-dealkylation sites (tertiary alicyclic amines) is 1. The van der Waals surface area contributed by atoms with Crippen molar-refractivity contribution in [1.82, 2.24) is 10.2 Å². The van der Waals surface area contributed by atoms with Crippen molar-refractivity contribution >= 4 is 17.9 Å². The van der Waals surface area contributed by atoms with Gasteiger partial charge in [-0.1, -0.05) is 30.3 Å². The number of alkyl carbamates (subject to hydrolysis) is 1. The van der Waals surface area contributed by atoms with Crippen LogP contribution in [0.1, 0.15) is 12.0 Å². The molecule has 2 rings (SSSR count). The van der Waals surface area contributed by atoms with E-state index in [2.05, 4.69) is 5.32 Å². The molecule has 0 aliphatic carbocycles. The van der Waals surface area contributed by atoms with Gasteiger partial charge in [0.2, 0.25) is 5.91 Å². The number of rotatable bonds is 6. The summed E-state index contributed by atoms with van der Waals surface area (Å²) in [4.78, 5) is 36.5. The summed E-state index contributed by atoms with van der Waals surface area (Å²) in [6.07, 6.45) is -0.771. The first-order chi connectivity index (χ1) is 10.6. The third-order valence-electron chi connectivity index (χ3n) is 3.27. The Balaban J connectivity index is 1.82. The summed E-state index contributed by atoms with van der Waals surface area (Å²) in [6, 6.07) is 8.31. The first-order valence-electron chi connectivity index (χ1n) is 6.92. The Labute approximate surface area is 128 Å². The number of imide groups is 1. The maximum absolute atomic E-state index is 12.0. The van der Waals surface area contributed by atoms with Crippen LogP contribution in [0, 0.1) is 0 Å². The molecular weight excluding hydrogens is 288 g/mol. The minimum atomic E-state index is -0.868. The monoisotopic (exact) mass is 306 g/mol. The quantitative estimate of drug-likeness (QED) is 0.782. The van der Waals surface area contributed by atoms with Crippen LogP contribution in [0.15, 0.2) is 30.3 Å². The van der Waals surface area contributed by atoms with E-state index in [1.54, 1.807) is 0 Å². The van der Waals surface area contributed by atoms with Crippen LogP contribution >= 0.6 is 0 Å². The van der Waals surface area contributed by atoms with Crippen LogP contribution in [0.4, 0.5) is 4.79 Å². The summed E-state index contributed by atoms with van der Waals surface area (Å²) in [5, 5.41) is 2.42. The van der Waals surface area contributed by atoms with Gasteiger partial charge in [0.15, 0.2) is 0 Å². The van der Waals surface area contributed by atoms with E-state index in [1.807, 2.05) is 30.3 Å². The highest BCUT2D eigenvalue weighted by molar-refractivity contribution is 6.06. The summed E-state index contributed by atoms with van der Waals surface area (Å²) in [7, 11) is 1.49. The van der Waals surface area contributed by atoms with Crippen LogP contribution in [0.25, 0.3) is 0 Å². The molecule has 3 amide bonds. The number of benzene rings is 1. The van der Waals surface area contributed by atoms with Crippen molar-refractivity contribution in [1.29, 1.82) is 0 Å². The van der Waals surface area contributed by atoms with Crippen molar-refractivity contribution in [2.24, 2.45) is 0 Å². The Kier molecular flexibility index (Phi) is 5.48. The summed E-state index contributed by atoms with van der Waals surface area (Å²) in [6.45, 7) is 0.559. The molecule has 0 unspecified atom stereocenters. The lowest BCUT2D eigenvalue weighted by atomic mass is 10.2. The zero-order valence-corrected chi connectivity index (χ0v) is 12.3. The molecule has 0 saturated carbocycles. The molecule has 22 heavy (non-hydrogen) atoms. The molecule has 118 valence electrons. The predicted molar refractivity (Wildman–Crippen MR) is 76.8 cm³/mol. The lowest BCUT2D eigenvalue weighted by Crippen LogP contribution is -2.42.